The molecule has 2 aliphatic heterocycles. The number of alkyl halides is 3. The van der Waals surface area contributed by atoms with Crippen molar-refractivity contribution in [3.8, 4) is 5.75 Å². The summed E-state index contributed by atoms with van der Waals surface area (Å²) in [5.41, 5.74) is 2.21. The maximum absolute atomic E-state index is 12.9. The first-order valence-electron chi connectivity index (χ1n) is 12.1. The number of benzene rings is 2. The molecule has 2 heterocycles. The van der Waals surface area contributed by atoms with Gasteiger partial charge >= 0.3 is 22.6 Å². The summed E-state index contributed by atoms with van der Waals surface area (Å²) in [5.74, 6) is -2.43. The first kappa shape index (κ1) is 27.6. The summed E-state index contributed by atoms with van der Waals surface area (Å²) in [7, 11) is -4.28. The van der Waals surface area contributed by atoms with Crippen molar-refractivity contribution in [1.29, 1.82) is 0 Å². The van der Waals surface area contributed by atoms with Crippen LogP contribution >= 0.6 is 0 Å². The number of piperidine rings is 1. The highest BCUT2D eigenvalue weighted by Gasteiger charge is 2.37. The van der Waals surface area contributed by atoms with Crippen LogP contribution < -0.4 is 4.74 Å². The third kappa shape index (κ3) is 6.73. The number of ether oxygens (including phenoxy) is 1. The molecule has 12 heteroatoms. The fraction of sp³-hybridized carbons (Fsp3) is 0.385. The smallest absolute Gasteiger partial charge is 0.406 e. The number of amides is 1. The molecule has 2 atom stereocenters. The van der Waals surface area contributed by atoms with Crippen molar-refractivity contribution < 1.29 is 40.1 Å². The molecule has 1 fully saturated rings. The summed E-state index contributed by atoms with van der Waals surface area (Å²) in [5, 5.41) is 0. The Hall–Kier alpha value is -3.38. The van der Waals surface area contributed by atoms with Crippen molar-refractivity contribution in [2.45, 2.75) is 38.6 Å². The Bertz CT molecular complexity index is 1300. The van der Waals surface area contributed by atoms with Gasteiger partial charge in [0.1, 0.15) is 5.75 Å². The molecule has 1 amide bonds. The molecule has 38 heavy (non-hydrogen) atoms. The molecular formula is C26H27F3N2O6S. The van der Waals surface area contributed by atoms with E-state index in [4.69, 9.17) is 4.18 Å². The van der Waals surface area contributed by atoms with Crippen LogP contribution in [0.4, 0.5) is 13.2 Å². The van der Waals surface area contributed by atoms with Crippen LogP contribution in [0.15, 0.2) is 60.7 Å². The molecule has 0 bridgehead atoms. The summed E-state index contributed by atoms with van der Waals surface area (Å²) >= 11 is 0. The van der Waals surface area contributed by atoms with Gasteiger partial charge in [-0.05, 0) is 61.6 Å². The second-order valence-corrected chi connectivity index (χ2v) is 10.7. The maximum atomic E-state index is 12.9. The van der Waals surface area contributed by atoms with Crippen LogP contribution in [0, 0.1) is 5.92 Å². The molecule has 0 spiro atoms. The lowest BCUT2D eigenvalue weighted by Gasteiger charge is -2.37. The Morgan fingerprint density at radius 2 is 1.68 bits per heavy atom. The zero-order valence-corrected chi connectivity index (χ0v) is 21.4. The number of hydrogen-bond donors (Lipinski definition) is 0. The highest BCUT2D eigenvalue weighted by molar-refractivity contribution is 7.84. The SMILES string of the molecule is CC1CC(C(=O)OS(=O)(=O)N2CC=C(c3ccccc3)CC2)CCN1C(=O)c1ccc(OC(F)(F)F)cc1. The van der Waals surface area contributed by atoms with Gasteiger partial charge in [-0.15, -0.1) is 13.2 Å². The normalized spacial score (nSPS) is 20.9. The standard InChI is InChI=1S/C26H27F3N2O6S/c1-18-17-22(13-16-31(18)24(32)21-7-9-23(10-8-21)36-26(27,28)29)25(33)37-38(34,35)30-14-11-20(12-15-30)19-5-3-2-4-6-19/h2-11,18,22H,12-17H2,1H3. The summed E-state index contributed by atoms with van der Waals surface area (Å²) in [6, 6.07) is 13.8. The predicted octanol–water partition coefficient (Wildman–Crippen LogP) is 4.40. The first-order chi connectivity index (χ1) is 17.9. The van der Waals surface area contributed by atoms with Crippen LogP contribution in [0.5, 0.6) is 5.75 Å². The fourth-order valence-electron chi connectivity index (χ4n) is 4.65. The van der Waals surface area contributed by atoms with Gasteiger partial charge in [-0.2, -0.15) is 12.7 Å². The van der Waals surface area contributed by atoms with E-state index in [0.29, 0.717) is 6.42 Å². The minimum Gasteiger partial charge on any atom is -0.406 e. The lowest BCUT2D eigenvalue weighted by atomic mass is 9.91. The highest BCUT2D eigenvalue weighted by Crippen LogP contribution is 2.29. The molecule has 8 nitrogen and oxygen atoms in total. The molecule has 204 valence electrons. The minimum absolute atomic E-state index is 0.0932. The van der Waals surface area contributed by atoms with E-state index in [9.17, 15) is 31.2 Å². The Morgan fingerprint density at radius 1 is 1.00 bits per heavy atom. The van der Waals surface area contributed by atoms with Crippen molar-refractivity contribution in [1.82, 2.24) is 9.21 Å². The fourth-order valence-corrected chi connectivity index (χ4v) is 5.67. The van der Waals surface area contributed by atoms with Gasteiger partial charge in [0.05, 0.1) is 5.92 Å². The van der Waals surface area contributed by atoms with Gasteiger partial charge in [0.2, 0.25) is 0 Å². The molecule has 2 aromatic carbocycles. The second-order valence-electron chi connectivity index (χ2n) is 9.20. The van der Waals surface area contributed by atoms with Gasteiger partial charge in [0.15, 0.2) is 0 Å². The lowest BCUT2D eigenvalue weighted by molar-refractivity contribution is -0.274. The van der Waals surface area contributed by atoms with Gasteiger partial charge < -0.3 is 13.8 Å². The van der Waals surface area contributed by atoms with Crippen molar-refractivity contribution in [3.05, 3.63) is 71.8 Å². The number of halogens is 3. The molecule has 0 aliphatic carbocycles. The summed E-state index contributed by atoms with van der Waals surface area (Å²) in [4.78, 5) is 27.1. The molecule has 0 saturated carbocycles. The molecule has 2 unspecified atom stereocenters. The molecule has 0 radical (unpaired) electrons. The third-order valence-corrected chi connectivity index (χ3v) is 7.96. The van der Waals surface area contributed by atoms with Crippen molar-refractivity contribution in [2.75, 3.05) is 19.6 Å². The molecule has 1 saturated heterocycles. The summed E-state index contributed by atoms with van der Waals surface area (Å²) < 4.78 is 72.4. The van der Waals surface area contributed by atoms with E-state index in [1.165, 1.54) is 17.0 Å². The van der Waals surface area contributed by atoms with E-state index >= 15 is 0 Å². The van der Waals surface area contributed by atoms with Crippen LogP contribution in [-0.2, 0) is 19.3 Å². The number of carbonyl (C=O) groups is 2. The van der Waals surface area contributed by atoms with E-state index in [2.05, 4.69) is 4.74 Å². The Kier molecular flexibility index (Phi) is 8.12. The largest absolute Gasteiger partial charge is 0.573 e. The summed E-state index contributed by atoms with van der Waals surface area (Å²) in [6.45, 7) is 2.16. The first-order valence-corrected chi connectivity index (χ1v) is 13.4. The quantitative estimate of drug-likeness (QED) is 0.528. The topological polar surface area (TPSA) is 93.2 Å². The zero-order chi connectivity index (χ0) is 27.5. The Morgan fingerprint density at radius 3 is 2.26 bits per heavy atom. The molecule has 2 aromatic rings. The monoisotopic (exact) mass is 552 g/mol. The molecule has 0 N–H and O–H groups in total. The summed E-state index contributed by atoms with van der Waals surface area (Å²) in [6.07, 6.45) is -2.16. The Balaban J connectivity index is 1.31. The lowest BCUT2D eigenvalue weighted by Crippen LogP contribution is -2.47. The average molecular weight is 553 g/mol. The highest BCUT2D eigenvalue weighted by atomic mass is 32.2. The predicted molar refractivity (Wildman–Crippen MR) is 132 cm³/mol. The molecule has 0 aromatic heterocycles. The van der Waals surface area contributed by atoms with E-state index in [0.717, 1.165) is 27.6 Å². The average Bonchev–Trinajstić information content (AvgIpc) is 2.88. The number of carbonyl (C=O) groups excluding carboxylic acids is 2. The van der Waals surface area contributed by atoms with E-state index < -0.39 is 46.3 Å². The van der Waals surface area contributed by atoms with E-state index in [1.54, 1.807) is 13.0 Å². The minimum atomic E-state index is -4.83. The molecule has 2 aliphatic rings. The van der Waals surface area contributed by atoms with E-state index in [-0.39, 0.29) is 38.0 Å². The number of hydrogen-bond acceptors (Lipinski definition) is 6. The van der Waals surface area contributed by atoms with Gasteiger partial charge in [-0.3, -0.25) is 9.59 Å². The van der Waals surface area contributed by atoms with Crippen LogP contribution in [0.2, 0.25) is 0 Å². The van der Waals surface area contributed by atoms with Gasteiger partial charge in [-0.1, -0.05) is 36.4 Å². The van der Waals surface area contributed by atoms with Crippen molar-refractivity contribution >= 4 is 27.8 Å². The van der Waals surface area contributed by atoms with Crippen LogP contribution in [0.25, 0.3) is 5.57 Å². The van der Waals surface area contributed by atoms with E-state index in [1.807, 2.05) is 30.3 Å². The Labute approximate surface area is 218 Å². The third-order valence-electron chi connectivity index (χ3n) is 6.63. The van der Waals surface area contributed by atoms with Gasteiger partial charge in [-0.25, -0.2) is 0 Å². The molecular weight excluding hydrogens is 525 g/mol. The maximum Gasteiger partial charge on any atom is 0.573 e. The van der Waals surface area contributed by atoms with Crippen LogP contribution in [0.1, 0.15) is 42.1 Å². The number of nitrogens with zero attached hydrogens (tertiary/aromatic N) is 2. The van der Waals surface area contributed by atoms with Gasteiger partial charge in [0, 0.05) is 31.2 Å². The zero-order valence-electron chi connectivity index (χ0n) is 20.6. The van der Waals surface area contributed by atoms with Crippen LogP contribution in [0.3, 0.4) is 0 Å². The second kappa shape index (κ2) is 11.2. The number of likely N-dealkylation sites (tertiary alicyclic amines) is 1. The molecule has 4 rings (SSSR count). The van der Waals surface area contributed by atoms with Crippen molar-refractivity contribution in [2.24, 2.45) is 5.92 Å². The number of rotatable bonds is 6. The van der Waals surface area contributed by atoms with Crippen LogP contribution in [-0.4, -0.2) is 61.5 Å². The van der Waals surface area contributed by atoms with Gasteiger partial charge in [0.25, 0.3) is 5.91 Å². The van der Waals surface area contributed by atoms with Crippen molar-refractivity contribution in [3.63, 3.8) is 0 Å².